The van der Waals surface area contributed by atoms with Crippen molar-refractivity contribution >= 4 is 0 Å². The summed E-state index contributed by atoms with van der Waals surface area (Å²) in [5.41, 5.74) is 1.44. The van der Waals surface area contributed by atoms with Crippen LogP contribution in [-0.4, -0.2) is 36.1 Å². The molecule has 0 aliphatic heterocycles. The van der Waals surface area contributed by atoms with Crippen molar-refractivity contribution in [1.29, 1.82) is 0 Å². The molecule has 1 aromatic heterocycles. The zero-order chi connectivity index (χ0) is 13.4. The molecule has 1 heterocycles. The molecule has 0 radical (unpaired) electrons. The van der Waals surface area contributed by atoms with Gasteiger partial charge < -0.3 is 5.32 Å². The van der Waals surface area contributed by atoms with Gasteiger partial charge in [-0.15, -0.1) is 0 Å². The van der Waals surface area contributed by atoms with E-state index < -0.39 is 0 Å². The molecule has 3 nitrogen and oxygen atoms in total. The van der Waals surface area contributed by atoms with Gasteiger partial charge in [-0.2, -0.15) is 0 Å². The molecule has 0 bridgehead atoms. The second kappa shape index (κ2) is 7.49. The van der Waals surface area contributed by atoms with Crippen molar-refractivity contribution < 1.29 is 0 Å². The van der Waals surface area contributed by atoms with Gasteiger partial charge in [0.05, 0.1) is 5.69 Å². The highest BCUT2D eigenvalue weighted by Crippen LogP contribution is 2.17. The lowest BCUT2D eigenvalue weighted by atomic mass is 9.92. The maximum Gasteiger partial charge on any atom is 0.0543 e. The van der Waals surface area contributed by atoms with Crippen molar-refractivity contribution in [3.05, 3.63) is 30.1 Å². The van der Waals surface area contributed by atoms with Crippen LogP contribution in [0.4, 0.5) is 0 Å². The molecular weight excluding hydrogens is 222 g/mol. The van der Waals surface area contributed by atoms with Crippen molar-refractivity contribution in [2.75, 3.05) is 26.2 Å². The van der Waals surface area contributed by atoms with Crippen LogP contribution in [0.25, 0.3) is 0 Å². The number of nitrogens with one attached hydrogen (secondary N) is 1. The Morgan fingerprint density at radius 2 is 2.06 bits per heavy atom. The first-order chi connectivity index (χ1) is 8.57. The van der Waals surface area contributed by atoms with E-state index >= 15 is 0 Å². The molecule has 0 saturated carbocycles. The Hall–Kier alpha value is -0.930. The third-order valence-corrected chi connectivity index (χ3v) is 3.06. The summed E-state index contributed by atoms with van der Waals surface area (Å²) < 4.78 is 0. The van der Waals surface area contributed by atoms with E-state index in [0.29, 0.717) is 5.41 Å². The fraction of sp³-hybridized carbons (Fsp3) is 0.667. The molecule has 0 atom stereocenters. The Labute approximate surface area is 112 Å². The molecule has 0 fully saturated rings. The summed E-state index contributed by atoms with van der Waals surface area (Å²) in [5.74, 6) is 0. The fourth-order valence-electron chi connectivity index (χ4n) is 2.12. The first-order valence-electron chi connectivity index (χ1n) is 6.90. The highest BCUT2D eigenvalue weighted by atomic mass is 15.1. The zero-order valence-electron chi connectivity index (χ0n) is 12.2. The van der Waals surface area contributed by atoms with Crippen LogP contribution in [0.5, 0.6) is 0 Å². The Balaban J connectivity index is 2.51. The summed E-state index contributed by atoms with van der Waals surface area (Å²) in [5, 5.41) is 3.44. The van der Waals surface area contributed by atoms with Gasteiger partial charge >= 0.3 is 0 Å². The quantitative estimate of drug-likeness (QED) is 0.767. The van der Waals surface area contributed by atoms with E-state index in [-0.39, 0.29) is 0 Å². The lowest BCUT2D eigenvalue weighted by Gasteiger charge is -2.32. The van der Waals surface area contributed by atoms with Crippen LogP contribution >= 0.6 is 0 Å². The summed E-state index contributed by atoms with van der Waals surface area (Å²) in [6, 6.07) is 6.12. The smallest absolute Gasteiger partial charge is 0.0543 e. The highest BCUT2D eigenvalue weighted by molar-refractivity contribution is 5.03. The molecule has 0 amide bonds. The monoisotopic (exact) mass is 249 g/mol. The topological polar surface area (TPSA) is 28.2 Å². The molecule has 0 aliphatic carbocycles. The predicted molar refractivity (Wildman–Crippen MR) is 77.5 cm³/mol. The number of aromatic nitrogens is 1. The van der Waals surface area contributed by atoms with E-state index in [2.05, 4.69) is 55.0 Å². The van der Waals surface area contributed by atoms with Gasteiger partial charge in [0.1, 0.15) is 0 Å². The van der Waals surface area contributed by atoms with Gasteiger partial charge in [0.2, 0.25) is 0 Å². The van der Waals surface area contributed by atoms with Gasteiger partial charge in [-0.1, -0.05) is 33.8 Å². The summed E-state index contributed by atoms with van der Waals surface area (Å²) >= 11 is 0. The molecule has 0 spiro atoms. The van der Waals surface area contributed by atoms with Crippen LogP contribution in [0.3, 0.4) is 0 Å². The van der Waals surface area contributed by atoms with E-state index in [0.717, 1.165) is 38.4 Å². The van der Waals surface area contributed by atoms with E-state index in [1.54, 1.807) is 0 Å². The lowest BCUT2D eigenvalue weighted by molar-refractivity contribution is 0.173. The second-order valence-electron chi connectivity index (χ2n) is 5.57. The van der Waals surface area contributed by atoms with Crippen LogP contribution in [0.2, 0.25) is 0 Å². The number of nitrogens with zero attached hydrogens (tertiary/aromatic N) is 2. The van der Waals surface area contributed by atoms with Crippen LogP contribution in [-0.2, 0) is 6.54 Å². The van der Waals surface area contributed by atoms with Crippen LogP contribution in [0, 0.1) is 5.41 Å². The average molecular weight is 249 g/mol. The van der Waals surface area contributed by atoms with Gasteiger partial charge in [0.15, 0.2) is 0 Å². The van der Waals surface area contributed by atoms with Crippen LogP contribution in [0.15, 0.2) is 24.4 Å². The molecule has 0 saturated heterocycles. The third-order valence-electron chi connectivity index (χ3n) is 3.06. The minimum Gasteiger partial charge on any atom is -0.316 e. The van der Waals surface area contributed by atoms with Gasteiger partial charge in [-0.3, -0.25) is 9.88 Å². The van der Waals surface area contributed by atoms with Gasteiger partial charge in [-0.05, 0) is 30.6 Å². The number of pyridine rings is 1. The minimum atomic E-state index is 0.292. The molecule has 102 valence electrons. The summed E-state index contributed by atoms with van der Waals surface area (Å²) in [7, 11) is 0. The average Bonchev–Trinajstić information content (AvgIpc) is 2.36. The largest absolute Gasteiger partial charge is 0.316 e. The maximum atomic E-state index is 4.40. The van der Waals surface area contributed by atoms with E-state index in [1.165, 1.54) is 0 Å². The normalized spacial score (nSPS) is 12.1. The Kier molecular flexibility index (Phi) is 6.30. The lowest BCUT2D eigenvalue weighted by Crippen LogP contribution is -2.40. The molecule has 1 rings (SSSR count). The maximum absolute atomic E-state index is 4.40. The zero-order valence-corrected chi connectivity index (χ0v) is 12.2. The van der Waals surface area contributed by atoms with Crippen molar-refractivity contribution in [3.63, 3.8) is 0 Å². The molecule has 0 aromatic carbocycles. The third kappa shape index (κ3) is 5.61. The van der Waals surface area contributed by atoms with Crippen LogP contribution < -0.4 is 5.32 Å². The molecule has 0 aliphatic rings. The van der Waals surface area contributed by atoms with Gasteiger partial charge in [0.25, 0.3) is 0 Å². The van der Waals surface area contributed by atoms with E-state index in [4.69, 9.17) is 0 Å². The van der Waals surface area contributed by atoms with Crippen molar-refractivity contribution in [3.8, 4) is 0 Å². The molecular formula is C15H27N3. The molecule has 3 heteroatoms. The molecule has 1 N–H and O–H groups in total. The Bertz CT molecular complexity index is 322. The summed E-state index contributed by atoms with van der Waals surface area (Å²) in [6.45, 7) is 14.2. The minimum absolute atomic E-state index is 0.292. The fourth-order valence-corrected chi connectivity index (χ4v) is 2.12. The number of hydrogen-bond donors (Lipinski definition) is 1. The van der Waals surface area contributed by atoms with Crippen molar-refractivity contribution in [2.45, 2.75) is 34.2 Å². The SMILES string of the molecule is CCNCC(C)(C)CN(CC)Cc1ccccn1. The molecule has 0 unspecified atom stereocenters. The van der Waals surface area contributed by atoms with Crippen molar-refractivity contribution in [1.82, 2.24) is 15.2 Å². The van der Waals surface area contributed by atoms with E-state index in [1.807, 2.05) is 12.3 Å². The van der Waals surface area contributed by atoms with Gasteiger partial charge in [0, 0.05) is 25.8 Å². The number of rotatable bonds is 8. The predicted octanol–water partition coefficient (Wildman–Crippen LogP) is 2.54. The first kappa shape index (κ1) is 15.1. The highest BCUT2D eigenvalue weighted by Gasteiger charge is 2.20. The standard InChI is InChI=1S/C15H27N3/c1-5-16-12-15(3,4)13-18(6-2)11-14-9-7-8-10-17-14/h7-10,16H,5-6,11-13H2,1-4H3. The first-order valence-corrected chi connectivity index (χ1v) is 6.90. The Morgan fingerprint density at radius 3 is 2.61 bits per heavy atom. The summed E-state index contributed by atoms with van der Waals surface area (Å²) in [6.07, 6.45) is 1.87. The molecule has 1 aromatic rings. The second-order valence-corrected chi connectivity index (χ2v) is 5.57. The van der Waals surface area contributed by atoms with Crippen LogP contribution in [0.1, 0.15) is 33.4 Å². The van der Waals surface area contributed by atoms with Crippen molar-refractivity contribution in [2.24, 2.45) is 5.41 Å². The number of hydrogen-bond acceptors (Lipinski definition) is 3. The molecule has 18 heavy (non-hydrogen) atoms. The Morgan fingerprint density at radius 1 is 1.28 bits per heavy atom. The van der Waals surface area contributed by atoms with E-state index in [9.17, 15) is 0 Å². The summed E-state index contributed by atoms with van der Waals surface area (Å²) in [4.78, 5) is 6.86. The van der Waals surface area contributed by atoms with Gasteiger partial charge in [-0.25, -0.2) is 0 Å².